The molecule has 0 bridgehead atoms. The minimum absolute atomic E-state index is 0.0267. The minimum Gasteiger partial charge on any atom is -0.491 e. The molecule has 1 aromatic heterocycles. The van der Waals surface area contributed by atoms with Crippen LogP contribution in [0.2, 0.25) is 0 Å². The number of fused-ring (bicyclic) bond motifs is 3. The first-order valence-corrected chi connectivity index (χ1v) is 25.7. The molecule has 3 aromatic carbocycles. The monoisotopic (exact) mass is 1020 g/mol. The quantitative estimate of drug-likeness (QED) is 0.0839. The number of carbonyl (C=O) groups is 4. The van der Waals surface area contributed by atoms with E-state index in [-0.39, 0.29) is 62.5 Å². The predicted molar refractivity (Wildman–Crippen MR) is 277 cm³/mol. The molecule has 4 aliphatic rings. The van der Waals surface area contributed by atoms with E-state index in [0.717, 1.165) is 42.3 Å². The molecule has 0 spiro atoms. The molecule has 4 aromatic rings. The first-order chi connectivity index (χ1) is 35.3. The van der Waals surface area contributed by atoms with E-state index in [1.165, 1.54) is 15.7 Å². The summed E-state index contributed by atoms with van der Waals surface area (Å²) in [6.07, 6.45) is 1.18. The number of nitrogens with zero attached hydrogens (tertiary/aromatic N) is 8. The molecule has 0 radical (unpaired) electrons. The van der Waals surface area contributed by atoms with Crippen LogP contribution in [0.1, 0.15) is 94.4 Å². The Bertz CT molecular complexity index is 2710. The van der Waals surface area contributed by atoms with Crippen LogP contribution in [-0.4, -0.2) is 157 Å². The Labute approximate surface area is 433 Å². The molecule has 4 atom stereocenters. The van der Waals surface area contributed by atoms with E-state index in [0.29, 0.717) is 75.9 Å². The van der Waals surface area contributed by atoms with Gasteiger partial charge in [-0.2, -0.15) is 15.2 Å². The number of hydrogen-bond donors (Lipinski definition) is 1. The zero-order chi connectivity index (χ0) is 52.7. The predicted octanol–water partition coefficient (Wildman–Crippen LogP) is 6.03. The highest BCUT2D eigenvalue weighted by atomic mass is 16.6. The summed E-state index contributed by atoms with van der Waals surface area (Å²) in [5.41, 5.74) is 8.61. The van der Waals surface area contributed by atoms with Crippen molar-refractivity contribution in [2.45, 2.75) is 122 Å². The van der Waals surface area contributed by atoms with Crippen LogP contribution in [0.5, 0.6) is 11.8 Å². The van der Waals surface area contributed by atoms with Crippen LogP contribution < -0.4 is 25.0 Å². The Kier molecular flexibility index (Phi) is 16.8. The van der Waals surface area contributed by atoms with Gasteiger partial charge in [-0.15, -0.1) is 0 Å². The lowest BCUT2D eigenvalue weighted by Gasteiger charge is -2.42. The Hall–Kier alpha value is -6.75. The molecule has 8 rings (SSSR count). The average molecular weight is 1020 g/mol. The van der Waals surface area contributed by atoms with Crippen molar-refractivity contribution in [2.75, 3.05) is 82.6 Å². The zero-order valence-electron chi connectivity index (χ0n) is 43.8. The van der Waals surface area contributed by atoms with Crippen molar-refractivity contribution < 1.29 is 47.6 Å². The van der Waals surface area contributed by atoms with Gasteiger partial charge in [-0.3, -0.25) is 19.3 Å². The number of likely N-dealkylation sites (tertiary alicyclic amines) is 1. The number of benzene rings is 3. The fourth-order valence-electron chi connectivity index (χ4n) is 10.2. The lowest BCUT2D eigenvalue weighted by atomic mass is 10.0. The topological polar surface area (TPSA) is 215 Å². The van der Waals surface area contributed by atoms with Gasteiger partial charge in [-0.05, 0) is 103 Å². The summed E-state index contributed by atoms with van der Waals surface area (Å²) < 4.78 is 35.7. The van der Waals surface area contributed by atoms with Crippen molar-refractivity contribution in [3.8, 4) is 17.8 Å². The number of likely N-dealkylation sites (N-methyl/N-ethyl adjacent to an activating group) is 1. The number of hydrogen-bond acceptors (Lipinski definition) is 16. The number of nitrogens with two attached hydrogens (primary N) is 1. The van der Waals surface area contributed by atoms with E-state index in [1.54, 1.807) is 43.9 Å². The molecule has 3 amide bonds. The van der Waals surface area contributed by atoms with Crippen LogP contribution in [0, 0.1) is 11.3 Å². The number of primary amides is 1. The summed E-state index contributed by atoms with van der Waals surface area (Å²) >= 11 is 0. The van der Waals surface area contributed by atoms with Crippen LogP contribution in [0.25, 0.3) is 10.8 Å². The lowest BCUT2D eigenvalue weighted by Crippen LogP contribution is -2.56. The fourth-order valence-corrected chi connectivity index (χ4v) is 10.2. The number of carbonyl (C=O) groups excluding carboxylic acids is 4. The molecule has 19 heteroatoms. The fraction of sp³-hybridized carbons (Fsp3) is 0.545. The van der Waals surface area contributed by atoms with E-state index < -0.39 is 35.2 Å². The number of rotatable bonds is 19. The van der Waals surface area contributed by atoms with Crippen molar-refractivity contribution in [2.24, 2.45) is 5.73 Å². The maximum absolute atomic E-state index is 13.3. The summed E-state index contributed by atoms with van der Waals surface area (Å²) in [6, 6.07) is 21.2. The molecule has 19 nitrogen and oxygen atoms in total. The lowest BCUT2D eigenvalue weighted by molar-refractivity contribution is -0.155. The maximum Gasteiger partial charge on any atom is 0.410 e. The third-order valence-electron chi connectivity index (χ3n) is 13.7. The summed E-state index contributed by atoms with van der Waals surface area (Å²) in [6.45, 7) is 16.1. The van der Waals surface area contributed by atoms with Crippen molar-refractivity contribution >= 4 is 46.2 Å². The van der Waals surface area contributed by atoms with Gasteiger partial charge in [0.2, 0.25) is 5.91 Å². The van der Waals surface area contributed by atoms with Crippen molar-refractivity contribution in [1.82, 2.24) is 24.7 Å². The SMILES string of the molecule is CN1C[C@H](OCCOCCOc2ccc3c(c2)CN(C(CCC(=O)OC(C)(C)C)C(N)=O)C3=O)C[C@H]1COc1nc2c(c(N3CCN(C(=O)OC(C)(C)C)[C@@H](CC#N)C3)n1)CCN(c1cccc3ccccc13)C2. The van der Waals surface area contributed by atoms with E-state index in [9.17, 15) is 24.4 Å². The van der Waals surface area contributed by atoms with Gasteiger partial charge < -0.3 is 53.8 Å². The Morgan fingerprint density at radius 1 is 0.851 bits per heavy atom. The minimum atomic E-state index is -0.955. The molecule has 5 heterocycles. The van der Waals surface area contributed by atoms with Crippen LogP contribution in [0.3, 0.4) is 0 Å². The normalized spacial score (nSPS) is 19.5. The number of anilines is 2. The second-order valence-corrected chi connectivity index (χ2v) is 21.4. The highest BCUT2D eigenvalue weighted by Gasteiger charge is 2.38. The zero-order valence-corrected chi connectivity index (χ0v) is 43.8. The van der Waals surface area contributed by atoms with Crippen LogP contribution in [0.4, 0.5) is 16.3 Å². The van der Waals surface area contributed by atoms with Crippen LogP contribution in [0.15, 0.2) is 60.7 Å². The molecule has 1 unspecified atom stereocenters. The smallest absolute Gasteiger partial charge is 0.410 e. The van der Waals surface area contributed by atoms with Gasteiger partial charge in [0.25, 0.3) is 5.91 Å². The summed E-state index contributed by atoms with van der Waals surface area (Å²) in [5.74, 6) is -0.129. The van der Waals surface area contributed by atoms with Gasteiger partial charge in [0, 0.05) is 73.9 Å². The molecule has 0 aliphatic carbocycles. The van der Waals surface area contributed by atoms with Crippen molar-refractivity contribution in [1.29, 1.82) is 5.26 Å². The standard InChI is InChI=1S/C55H71N9O10/c1-54(2,3)73-48(65)18-17-47(49(57)66)64-31-37-29-40(15-16-43(37)51(64)67)70-27-25-69-26-28-71-41-30-39(60(7)33-41)35-72-52-58-45-34-61(46-14-10-12-36-11-8-9-13-42(36)46)22-20-44(45)50(59-52)62-23-24-63(38(32-62)19-21-56)53(68)74-55(4,5)6/h8-16,29,38-39,41,47H,17-20,22-28,30-35H2,1-7H3,(H2,57,66)/t38-,39-,41+,47?/m0/s1. The van der Waals surface area contributed by atoms with Gasteiger partial charge in [0.05, 0.1) is 56.7 Å². The van der Waals surface area contributed by atoms with Crippen molar-refractivity contribution in [3.63, 3.8) is 0 Å². The van der Waals surface area contributed by atoms with E-state index in [1.807, 2.05) is 20.8 Å². The molecule has 74 heavy (non-hydrogen) atoms. The first-order valence-electron chi connectivity index (χ1n) is 25.7. The molecule has 2 N–H and O–H groups in total. The maximum atomic E-state index is 13.3. The van der Waals surface area contributed by atoms with Gasteiger partial charge in [0.15, 0.2) is 0 Å². The first kappa shape index (κ1) is 53.5. The van der Waals surface area contributed by atoms with E-state index >= 15 is 0 Å². The van der Waals surface area contributed by atoms with Crippen molar-refractivity contribution in [3.05, 3.63) is 83.0 Å². The number of ether oxygens (including phenoxy) is 6. The Morgan fingerprint density at radius 2 is 1.62 bits per heavy atom. The van der Waals surface area contributed by atoms with Crippen LogP contribution >= 0.6 is 0 Å². The summed E-state index contributed by atoms with van der Waals surface area (Å²) in [4.78, 5) is 71.3. The molecule has 4 aliphatic heterocycles. The largest absolute Gasteiger partial charge is 0.491 e. The molecule has 2 saturated heterocycles. The Balaban J connectivity index is 0.830. The van der Waals surface area contributed by atoms with Gasteiger partial charge in [-0.25, -0.2) is 4.79 Å². The Morgan fingerprint density at radius 3 is 2.39 bits per heavy atom. The number of aromatic nitrogens is 2. The molecule has 2 fully saturated rings. The van der Waals surface area contributed by atoms with E-state index in [4.69, 9.17) is 44.1 Å². The van der Waals surface area contributed by atoms with E-state index in [2.05, 4.69) is 70.3 Å². The highest BCUT2D eigenvalue weighted by Crippen LogP contribution is 2.36. The number of esters is 1. The third-order valence-corrected chi connectivity index (χ3v) is 13.7. The number of amides is 3. The second kappa shape index (κ2) is 23.2. The number of nitriles is 1. The highest BCUT2D eigenvalue weighted by molar-refractivity contribution is 6.01. The van der Waals surface area contributed by atoms with Gasteiger partial charge in [-0.1, -0.05) is 36.4 Å². The second-order valence-electron chi connectivity index (χ2n) is 21.4. The summed E-state index contributed by atoms with van der Waals surface area (Å²) in [7, 11) is 2.06. The molecule has 396 valence electrons. The summed E-state index contributed by atoms with van der Waals surface area (Å²) in [5, 5.41) is 12.2. The van der Waals surface area contributed by atoms with Gasteiger partial charge >= 0.3 is 18.1 Å². The number of piperazine rings is 1. The molecule has 0 saturated carbocycles. The third kappa shape index (κ3) is 13.3. The average Bonchev–Trinajstić information content (AvgIpc) is 3.87. The van der Waals surface area contributed by atoms with Crippen LogP contribution in [-0.2, 0) is 48.0 Å². The molecular formula is C55H71N9O10. The van der Waals surface area contributed by atoms with Gasteiger partial charge in [0.1, 0.15) is 42.0 Å². The molecular weight excluding hydrogens is 947 g/mol.